The molecular weight excluding hydrogens is 217 g/mol. The van der Waals surface area contributed by atoms with Crippen LogP contribution in [0.2, 0.25) is 0 Å². The quantitative estimate of drug-likeness (QED) is 0.853. The lowest BCUT2D eigenvalue weighted by Crippen LogP contribution is -2.41. The van der Waals surface area contributed by atoms with E-state index >= 15 is 0 Å². The maximum absolute atomic E-state index is 12.7. The second kappa shape index (κ2) is 4.86. The lowest BCUT2D eigenvalue weighted by atomic mass is 9.67. The summed E-state index contributed by atoms with van der Waals surface area (Å²) < 4.78 is 12.7. The Morgan fingerprint density at radius 3 is 2.47 bits per heavy atom. The van der Waals surface area contributed by atoms with Crippen molar-refractivity contribution < 1.29 is 9.18 Å². The minimum absolute atomic E-state index is 0.107. The Hall–Kier alpha value is -1.38. The fraction of sp³-hybridized carbons (Fsp3) is 0.500. The smallest absolute Gasteiger partial charge is 0.251 e. The van der Waals surface area contributed by atoms with Crippen molar-refractivity contribution in [3.63, 3.8) is 0 Å². The van der Waals surface area contributed by atoms with Crippen LogP contribution in [0.1, 0.15) is 43.0 Å². The van der Waals surface area contributed by atoms with Crippen LogP contribution in [0.15, 0.2) is 24.3 Å². The van der Waals surface area contributed by atoms with Gasteiger partial charge in [-0.05, 0) is 48.9 Å². The second-order valence-electron chi connectivity index (χ2n) is 4.90. The van der Waals surface area contributed by atoms with Gasteiger partial charge in [-0.25, -0.2) is 4.39 Å². The molecule has 1 saturated carbocycles. The fourth-order valence-corrected chi connectivity index (χ4v) is 2.30. The normalized spacial score (nSPS) is 17.3. The molecule has 92 valence electrons. The van der Waals surface area contributed by atoms with Crippen LogP contribution in [0.3, 0.4) is 0 Å². The van der Waals surface area contributed by atoms with Crippen molar-refractivity contribution in [2.45, 2.75) is 32.6 Å². The zero-order chi connectivity index (χ0) is 12.3. The molecule has 0 bridgehead atoms. The summed E-state index contributed by atoms with van der Waals surface area (Å²) in [5.41, 5.74) is 0.840. The van der Waals surface area contributed by atoms with Crippen molar-refractivity contribution in [2.24, 2.45) is 5.41 Å². The number of hydrogen-bond donors (Lipinski definition) is 1. The van der Waals surface area contributed by atoms with Crippen LogP contribution in [0.4, 0.5) is 4.39 Å². The Balaban J connectivity index is 1.91. The predicted octanol–water partition coefficient (Wildman–Crippen LogP) is 3.14. The molecule has 0 aliphatic heterocycles. The lowest BCUT2D eigenvalue weighted by Gasteiger charge is -2.41. The summed E-state index contributed by atoms with van der Waals surface area (Å²) in [4.78, 5) is 11.8. The molecular formula is C14H18FNO. The van der Waals surface area contributed by atoms with Gasteiger partial charge in [-0.15, -0.1) is 0 Å². The number of rotatable bonds is 4. The molecule has 17 heavy (non-hydrogen) atoms. The molecule has 1 aromatic carbocycles. The van der Waals surface area contributed by atoms with E-state index in [1.54, 1.807) is 0 Å². The molecule has 0 radical (unpaired) electrons. The highest BCUT2D eigenvalue weighted by molar-refractivity contribution is 5.94. The third-order valence-electron chi connectivity index (χ3n) is 3.89. The molecule has 0 heterocycles. The van der Waals surface area contributed by atoms with Crippen molar-refractivity contribution in [1.82, 2.24) is 5.32 Å². The third-order valence-corrected chi connectivity index (χ3v) is 3.89. The van der Waals surface area contributed by atoms with Gasteiger partial charge in [0.25, 0.3) is 5.91 Å². The van der Waals surface area contributed by atoms with E-state index in [2.05, 4.69) is 12.2 Å². The van der Waals surface area contributed by atoms with E-state index < -0.39 is 0 Å². The number of carbonyl (C=O) groups excluding carboxylic acids is 1. The van der Waals surface area contributed by atoms with Gasteiger partial charge in [-0.1, -0.05) is 13.3 Å². The van der Waals surface area contributed by atoms with E-state index in [0.29, 0.717) is 11.0 Å². The van der Waals surface area contributed by atoms with Crippen molar-refractivity contribution in [2.75, 3.05) is 6.54 Å². The van der Waals surface area contributed by atoms with Crippen LogP contribution < -0.4 is 5.32 Å². The second-order valence-corrected chi connectivity index (χ2v) is 4.90. The Kier molecular flexibility index (Phi) is 3.46. The largest absolute Gasteiger partial charge is 0.351 e. The van der Waals surface area contributed by atoms with Crippen LogP contribution in [-0.2, 0) is 0 Å². The molecule has 0 spiro atoms. The van der Waals surface area contributed by atoms with Gasteiger partial charge in [0, 0.05) is 12.1 Å². The summed E-state index contributed by atoms with van der Waals surface area (Å²) >= 11 is 0. The zero-order valence-electron chi connectivity index (χ0n) is 10.1. The molecule has 0 atom stereocenters. The number of halogens is 1. The van der Waals surface area contributed by atoms with Gasteiger partial charge in [0.1, 0.15) is 5.82 Å². The zero-order valence-corrected chi connectivity index (χ0v) is 10.1. The SMILES string of the molecule is CCC1(CNC(=O)c2ccc(F)cc2)CCC1. The van der Waals surface area contributed by atoms with Gasteiger partial charge < -0.3 is 5.32 Å². The third kappa shape index (κ3) is 2.65. The maximum Gasteiger partial charge on any atom is 0.251 e. The first kappa shape index (κ1) is 12.1. The molecule has 3 heteroatoms. The number of hydrogen-bond acceptors (Lipinski definition) is 1. The summed E-state index contributed by atoms with van der Waals surface area (Å²) in [6, 6.07) is 5.66. The predicted molar refractivity (Wildman–Crippen MR) is 65.3 cm³/mol. The fourth-order valence-electron chi connectivity index (χ4n) is 2.30. The Morgan fingerprint density at radius 1 is 1.35 bits per heavy atom. The topological polar surface area (TPSA) is 29.1 Å². The first-order valence-corrected chi connectivity index (χ1v) is 6.19. The molecule has 2 nitrogen and oxygen atoms in total. The highest BCUT2D eigenvalue weighted by Crippen LogP contribution is 2.43. The molecule has 1 aromatic rings. The van der Waals surface area contributed by atoms with Crippen LogP contribution in [0, 0.1) is 11.2 Å². The molecule has 1 aliphatic carbocycles. The van der Waals surface area contributed by atoms with E-state index in [1.807, 2.05) is 0 Å². The van der Waals surface area contributed by atoms with Crippen molar-refractivity contribution >= 4 is 5.91 Å². The summed E-state index contributed by atoms with van der Waals surface area (Å²) in [5, 5.41) is 2.95. The van der Waals surface area contributed by atoms with Gasteiger partial charge in [-0.3, -0.25) is 4.79 Å². The van der Waals surface area contributed by atoms with Gasteiger partial charge >= 0.3 is 0 Å². The number of nitrogens with one attached hydrogen (secondary N) is 1. The Bertz CT molecular complexity index is 390. The van der Waals surface area contributed by atoms with Gasteiger partial charge in [0.15, 0.2) is 0 Å². The number of benzene rings is 1. The van der Waals surface area contributed by atoms with Crippen molar-refractivity contribution in [1.29, 1.82) is 0 Å². The van der Waals surface area contributed by atoms with E-state index in [4.69, 9.17) is 0 Å². The lowest BCUT2D eigenvalue weighted by molar-refractivity contribution is 0.0850. The van der Waals surface area contributed by atoms with Crippen molar-refractivity contribution in [3.8, 4) is 0 Å². The van der Waals surface area contributed by atoms with E-state index in [1.165, 1.54) is 43.5 Å². The van der Waals surface area contributed by atoms with Crippen molar-refractivity contribution in [3.05, 3.63) is 35.6 Å². The van der Waals surface area contributed by atoms with Crippen LogP contribution in [0.5, 0.6) is 0 Å². The van der Waals surface area contributed by atoms with Gasteiger partial charge in [-0.2, -0.15) is 0 Å². The summed E-state index contributed by atoms with van der Waals surface area (Å²) in [7, 11) is 0. The Morgan fingerprint density at radius 2 is 2.00 bits per heavy atom. The van der Waals surface area contributed by atoms with Gasteiger partial charge in [0.2, 0.25) is 0 Å². The monoisotopic (exact) mass is 235 g/mol. The number of amides is 1. The highest BCUT2D eigenvalue weighted by Gasteiger charge is 2.35. The first-order valence-electron chi connectivity index (χ1n) is 6.19. The van der Waals surface area contributed by atoms with Gasteiger partial charge in [0.05, 0.1) is 0 Å². The molecule has 1 aliphatic rings. The highest BCUT2D eigenvalue weighted by atomic mass is 19.1. The molecule has 1 fully saturated rings. The molecule has 0 unspecified atom stereocenters. The molecule has 2 rings (SSSR count). The average Bonchev–Trinajstić information content (AvgIpc) is 2.29. The minimum atomic E-state index is -0.314. The van der Waals surface area contributed by atoms with Crippen LogP contribution in [-0.4, -0.2) is 12.5 Å². The van der Waals surface area contributed by atoms with E-state index in [0.717, 1.165) is 13.0 Å². The summed E-state index contributed by atoms with van der Waals surface area (Å²) in [5.74, 6) is -0.421. The molecule has 1 N–H and O–H groups in total. The van der Waals surface area contributed by atoms with Crippen LogP contribution in [0.25, 0.3) is 0 Å². The van der Waals surface area contributed by atoms with E-state index in [9.17, 15) is 9.18 Å². The number of carbonyl (C=O) groups is 1. The molecule has 0 aromatic heterocycles. The summed E-state index contributed by atoms with van der Waals surface area (Å²) in [6.45, 7) is 2.91. The summed E-state index contributed by atoms with van der Waals surface area (Å²) in [6.07, 6.45) is 4.78. The Labute approximate surface area is 101 Å². The minimum Gasteiger partial charge on any atom is -0.351 e. The first-order chi connectivity index (χ1) is 8.15. The molecule has 1 amide bonds. The van der Waals surface area contributed by atoms with Crippen LogP contribution >= 0.6 is 0 Å². The van der Waals surface area contributed by atoms with E-state index in [-0.39, 0.29) is 11.7 Å². The molecule has 0 saturated heterocycles. The average molecular weight is 235 g/mol. The maximum atomic E-state index is 12.7. The standard InChI is InChI=1S/C14H18FNO/c1-2-14(8-3-9-14)10-16-13(17)11-4-6-12(15)7-5-11/h4-7H,2-3,8-10H2,1H3,(H,16,17).